The van der Waals surface area contributed by atoms with Gasteiger partial charge in [-0.1, -0.05) is 27.2 Å². The minimum Gasteiger partial charge on any atom is -0.396 e. The van der Waals surface area contributed by atoms with E-state index in [1.807, 2.05) is 6.07 Å². The van der Waals surface area contributed by atoms with E-state index in [4.69, 9.17) is 0 Å². The van der Waals surface area contributed by atoms with Crippen LogP contribution < -0.4 is 0 Å². The van der Waals surface area contributed by atoms with Crippen LogP contribution in [-0.4, -0.2) is 45.9 Å². The summed E-state index contributed by atoms with van der Waals surface area (Å²) < 4.78 is 1.66. The van der Waals surface area contributed by atoms with Gasteiger partial charge in [0.2, 0.25) is 0 Å². The minimum atomic E-state index is -0.213. The second kappa shape index (κ2) is 7.59. The van der Waals surface area contributed by atoms with Gasteiger partial charge < -0.3 is 10.0 Å². The van der Waals surface area contributed by atoms with Gasteiger partial charge in [-0.25, -0.2) is 0 Å². The Bertz CT molecular complexity index is 456. The normalized spacial score (nSPS) is 11.7. The molecule has 0 bridgehead atoms. The van der Waals surface area contributed by atoms with Crippen LogP contribution in [0.15, 0.2) is 6.07 Å². The average Bonchev–Trinajstić information content (AvgIpc) is 2.85. The van der Waals surface area contributed by atoms with E-state index in [2.05, 4.69) is 25.9 Å². The smallest absolute Gasteiger partial charge is 0.271 e. The van der Waals surface area contributed by atoms with E-state index in [0.717, 1.165) is 31.4 Å². The molecule has 1 rings (SSSR count). The molecule has 120 valence electrons. The molecule has 1 amide bonds. The number of hydrogen-bond donors (Lipinski definition) is 1. The predicted octanol–water partition coefficient (Wildman–Crippen LogP) is 2.24. The first-order chi connectivity index (χ1) is 9.92. The molecule has 0 aliphatic rings. The minimum absolute atomic E-state index is 0.0351. The number of carbonyl (C=O) groups excluding carboxylic acids is 1. The molecule has 1 N–H and O–H groups in total. The lowest BCUT2D eigenvalue weighted by Crippen LogP contribution is -2.41. The third-order valence-corrected chi connectivity index (χ3v) is 4.41. The lowest BCUT2D eigenvalue weighted by atomic mass is 9.83. The van der Waals surface area contributed by atoms with Crippen molar-refractivity contribution >= 4 is 5.91 Å². The van der Waals surface area contributed by atoms with Crippen LogP contribution in [0.4, 0.5) is 0 Å². The van der Waals surface area contributed by atoms with Crippen LogP contribution in [0.1, 0.15) is 56.2 Å². The van der Waals surface area contributed by atoms with Crippen LogP contribution in [0.3, 0.4) is 0 Å². The maximum Gasteiger partial charge on any atom is 0.271 e. The van der Waals surface area contributed by atoms with Crippen molar-refractivity contribution in [3.63, 3.8) is 0 Å². The first-order valence-electron chi connectivity index (χ1n) is 7.82. The predicted molar refractivity (Wildman–Crippen MR) is 84.3 cm³/mol. The molecule has 0 aliphatic heterocycles. The molecular formula is C16H29N3O2. The summed E-state index contributed by atoms with van der Waals surface area (Å²) >= 11 is 0. The Hall–Kier alpha value is -1.36. The molecule has 0 saturated carbocycles. The zero-order valence-corrected chi connectivity index (χ0v) is 14.0. The number of carbonyl (C=O) groups is 1. The quantitative estimate of drug-likeness (QED) is 0.800. The van der Waals surface area contributed by atoms with Gasteiger partial charge >= 0.3 is 0 Å². The molecule has 1 aromatic heterocycles. The van der Waals surface area contributed by atoms with Crippen molar-refractivity contribution in [2.45, 2.75) is 46.5 Å². The Kier molecular flexibility index (Phi) is 6.40. The van der Waals surface area contributed by atoms with Crippen LogP contribution in [0.25, 0.3) is 0 Å². The first-order valence-corrected chi connectivity index (χ1v) is 7.82. The first kappa shape index (κ1) is 17.7. The molecule has 0 unspecified atom stereocenters. The molecule has 1 aromatic rings. The van der Waals surface area contributed by atoms with Crippen molar-refractivity contribution in [1.29, 1.82) is 0 Å². The van der Waals surface area contributed by atoms with Crippen LogP contribution >= 0.6 is 0 Å². The van der Waals surface area contributed by atoms with E-state index in [9.17, 15) is 9.90 Å². The summed E-state index contributed by atoms with van der Waals surface area (Å²) in [5.41, 5.74) is 1.35. The number of aromatic nitrogens is 2. The summed E-state index contributed by atoms with van der Waals surface area (Å²) in [6.45, 7) is 6.87. The summed E-state index contributed by atoms with van der Waals surface area (Å²) in [6.07, 6.45) is 3.60. The van der Waals surface area contributed by atoms with Crippen molar-refractivity contribution in [2.75, 3.05) is 20.2 Å². The number of hydrogen-bond acceptors (Lipinski definition) is 3. The third-order valence-electron chi connectivity index (χ3n) is 4.41. The van der Waals surface area contributed by atoms with Gasteiger partial charge in [0, 0.05) is 26.1 Å². The summed E-state index contributed by atoms with van der Waals surface area (Å²) in [4.78, 5) is 14.3. The van der Waals surface area contributed by atoms with Crippen molar-refractivity contribution in [1.82, 2.24) is 14.7 Å². The Morgan fingerprint density at radius 2 is 2.00 bits per heavy atom. The van der Waals surface area contributed by atoms with Gasteiger partial charge in [0.25, 0.3) is 5.91 Å². The SMILES string of the molecule is CCCc1cc(C(=O)N(C)CC(CC)(CC)CO)n(C)n1. The van der Waals surface area contributed by atoms with Crippen LogP contribution in [0.5, 0.6) is 0 Å². The van der Waals surface area contributed by atoms with Crippen LogP contribution in [-0.2, 0) is 13.5 Å². The largest absolute Gasteiger partial charge is 0.396 e. The van der Waals surface area contributed by atoms with E-state index in [-0.39, 0.29) is 17.9 Å². The topological polar surface area (TPSA) is 58.4 Å². The number of aliphatic hydroxyl groups excluding tert-OH is 1. The van der Waals surface area contributed by atoms with Gasteiger partial charge in [-0.2, -0.15) is 5.10 Å². The van der Waals surface area contributed by atoms with Crippen molar-refractivity contribution in [3.05, 3.63) is 17.5 Å². The molecular weight excluding hydrogens is 266 g/mol. The fourth-order valence-corrected chi connectivity index (χ4v) is 2.62. The molecule has 1 heterocycles. The number of aliphatic hydroxyl groups is 1. The number of aryl methyl sites for hydroxylation is 2. The Morgan fingerprint density at radius 1 is 1.38 bits per heavy atom. The maximum atomic E-state index is 12.6. The second-order valence-electron chi connectivity index (χ2n) is 5.92. The molecule has 5 heteroatoms. The highest BCUT2D eigenvalue weighted by molar-refractivity contribution is 5.92. The van der Waals surface area contributed by atoms with E-state index < -0.39 is 0 Å². The molecule has 0 atom stereocenters. The molecule has 5 nitrogen and oxygen atoms in total. The zero-order valence-electron chi connectivity index (χ0n) is 14.0. The van der Waals surface area contributed by atoms with E-state index in [0.29, 0.717) is 12.2 Å². The third kappa shape index (κ3) is 4.06. The van der Waals surface area contributed by atoms with Gasteiger partial charge in [-0.15, -0.1) is 0 Å². The molecule has 21 heavy (non-hydrogen) atoms. The number of amides is 1. The summed E-state index contributed by atoms with van der Waals surface area (Å²) in [5.74, 6) is -0.0351. The fourth-order valence-electron chi connectivity index (χ4n) is 2.62. The van der Waals surface area contributed by atoms with E-state index in [1.165, 1.54) is 0 Å². The van der Waals surface area contributed by atoms with Crippen molar-refractivity contribution in [2.24, 2.45) is 12.5 Å². The van der Waals surface area contributed by atoms with Crippen LogP contribution in [0, 0.1) is 5.41 Å². The Morgan fingerprint density at radius 3 is 2.48 bits per heavy atom. The molecule has 0 radical (unpaired) electrons. The maximum absolute atomic E-state index is 12.6. The van der Waals surface area contributed by atoms with Crippen molar-refractivity contribution < 1.29 is 9.90 Å². The fraction of sp³-hybridized carbons (Fsp3) is 0.750. The monoisotopic (exact) mass is 295 g/mol. The van der Waals surface area contributed by atoms with Gasteiger partial charge in [0.05, 0.1) is 12.3 Å². The van der Waals surface area contributed by atoms with E-state index >= 15 is 0 Å². The molecule has 0 fully saturated rings. The highest BCUT2D eigenvalue weighted by atomic mass is 16.3. The summed E-state index contributed by atoms with van der Waals surface area (Å²) in [6, 6.07) is 1.88. The summed E-state index contributed by atoms with van der Waals surface area (Å²) in [7, 11) is 3.60. The van der Waals surface area contributed by atoms with Gasteiger partial charge in [0.1, 0.15) is 5.69 Å². The van der Waals surface area contributed by atoms with E-state index in [1.54, 1.807) is 23.7 Å². The lowest BCUT2D eigenvalue weighted by Gasteiger charge is -2.33. The highest BCUT2D eigenvalue weighted by Gasteiger charge is 2.29. The average molecular weight is 295 g/mol. The lowest BCUT2D eigenvalue weighted by molar-refractivity contribution is 0.0537. The summed E-state index contributed by atoms with van der Waals surface area (Å²) in [5, 5.41) is 14.0. The molecule has 0 spiro atoms. The van der Waals surface area contributed by atoms with Crippen LogP contribution in [0.2, 0.25) is 0 Å². The number of nitrogens with zero attached hydrogens (tertiary/aromatic N) is 3. The van der Waals surface area contributed by atoms with Gasteiger partial charge in [-0.05, 0) is 25.3 Å². The highest BCUT2D eigenvalue weighted by Crippen LogP contribution is 2.27. The Balaban J connectivity index is 2.87. The molecule has 0 aromatic carbocycles. The zero-order chi connectivity index (χ0) is 16.0. The van der Waals surface area contributed by atoms with Crippen molar-refractivity contribution in [3.8, 4) is 0 Å². The van der Waals surface area contributed by atoms with Gasteiger partial charge in [-0.3, -0.25) is 9.48 Å². The molecule has 0 aliphatic carbocycles. The standard InChI is InChI=1S/C16H29N3O2/c1-6-9-13-10-14(19(5)17-13)15(21)18(4)11-16(7-2,8-3)12-20/h10,20H,6-9,11-12H2,1-5H3. The Labute approximate surface area is 127 Å². The van der Waals surface area contributed by atoms with Gasteiger partial charge in [0.15, 0.2) is 0 Å². The second-order valence-corrected chi connectivity index (χ2v) is 5.92. The number of rotatable bonds is 8. The molecule has 0 saturated heterocycles.